The number of hydrogen-bond acceptors (Lipinski definition) is 6. The molecule has 0 aliphatic heterocycles. The van der Waals surface area contributed by atoms with Crippen LogP contribution in [0.3, 0.4) is 0 Å². The quantitative estimate of drug-likeness (QED) is 0.531. The van der Waals surface area contributed by atoms with Gasteiger partial charge in [-0.05, 0) is 43.4 Å². The molecule has 134 valence electrons. The number of benzene rings is 1. The largest absolute Gasteiger partial charge is 0.281 e. The number of para-hydroxylation sites is 1. The number of aryl methyl sites for hydroxylation is 2. The van der Waals surface area contributed by atoms with Crippen molar-refractivity contribution in [2.45, 2.75) is 25.7 Å². The van der Waals surface area contributed by atoms with Crippen molar-refractivity contribution in [1.82, 2.24) is 20.4 Å². The number of amides is 1. The second kappa shape index (κ2) is 6.59. The highest BCUT2D eigenvalue weighted by Crippen LogP contribution is 2.37. The van der Waals surface area contributed by atoms with Gasteiger partial charge in [-0.15, -0.1) is 11.3 Å². The van der Waals surface area contributed by atoms with Crippen LogP contribution >= 0.6 is 11.3 Å². The third-order valence-corrected chi connectivity index (χ3v) is 6.10. The molecule has 0 atom stereocenters. The molecule has 0 spiro atoms. The summed E-state index contributed by atoms with van der Waals surface area (Å²) in [6, 6.07) is 9.56. The van der Waals surface area contributed by atoms with Gasteiger partial charge in [-0.1, -0.05) is 18.2 Å². The fraction of sp³-hybridized carbons (Fsp3) is 0.200. The van der Waals surface area contributed by atoms with Gasteiger partial charge in [0.15, 0.2) is 5.82 Å². The molecule has 1 aliphatic carbocycles. The Kier molecular flexibility index (Phi) is 3.94. The Morgan fingerprint density at radius 3 is 2.93 bits per heavy atom. The maximum absolute atomic E-state index is 12.6. The van der Waals surface area contributed by atoms with Crippen molar-refractivity contribution >= 4 is 44.2 Å². The van der Waals surface area contributed by atoms with Gasteiger partial charge >= 0.3 is 0 Å². The summed E-state index contributed by atoms with van der Waals surface area (Å²) in [6.07, 6.45) is 7.67. The van der Waals surface area contributed by atoms with Crippen molar-refractivity contribution in [3.05, 3.63) is 58.9 Å². The zero-order valence-corrected chi connectivity index (χ0v) is 15.3. The monoisotopic (exact) mass is 375 g/mol. The molecule has 27 heavy (non-hydrogen) atoms. The summed E-state index contributed by atoms with van der Waals surface area (Å²) in [5.74, 6) is 0.408. The zero-order chi connectivity index (χ0) is 18.2. The summed E-state index contributed by atoms with van der Waals surface area (Å²) in [5, 5.41) is 1.97. The Bertz CT molecular complexity index is 1170. The van der Waals surface area contributed by atoms with E-state index in [0.717, 1.165) is 34.0 Å². The van der Waals surface area contributed by atoms with Crippen LogP contribution in [0.2, 0.25) is 0 Å². The molecule has 5 rings (SSSR count). The number of hydrogen-bond donors (Lipinski definition) is 2. The normalized spacial score (nSPS) is 13.5. The van der Waals surface area contributed by atoms with E-state index in [1.165, 1.54) is 29.6 Å². The lowest BCUT2D eigenvalue weighted by molar-refractivity contribution is 0.0962. The smallest absolute Gasteiger partial charge is 0.271 e. The fourth-order valence-corrected chi connectivity index (χ4v) is 4.80. The number of aromatic nitrogens is 3. The number of nitrogens with one attached hydrogen (secondary N) is 2. The first-order valence-corrected chi connectivity index (χ1v) is 9.77. The van der Waals surface area contributed by atoms with Crippen LogP contribution < -0.4 is 10.9 Å². The van der Waals surface area contributed by atoms with Gasteiger partial charge in [-0.2, -0.15) is 0 Å². The van der Waals surface area contributed by atoms with Gasteiger partial charge in [0.1, 0.15) is 11.2 Å². The number of hydrazine groups is 1. The van der Waals surface area contributed by atoms with Crippen molar-refractivity contribution in [3.63, 3.8) is 0 Å². The van der Waals surface area contributed by atoms with Crippen LogP contribution in [0.5, 0.6) is 0 Å². The van der Waals surface area contributed by atoms with Gasteiger partial charge in [0, 0.05) is 16.5 Å². The van der Waals surface area contributed by atoms with Crippen molar-refractivity contribution in [2.75, 3.05) is 5.43 Å². The van der Waals surface area contributed by atoms with Crippen LogP contribution in [0.4, 0.5) is 5.82 Å². The highest BCUT2D eigenvalue weighted by atomic mass is 32.1. The summed E-state index contributed by atoms with van der Waals surface area (Å²) in [7, 11) is 0. The summed E-state index contributed by atoms with van der Waals surface area (Å²) in [5.41, 5.74) is 8.44. The van der Waals surface area contributed by atoms with E-state index in [-0.39, 0.29) is 5.91 Å². The maximum Gasteiger partial charge on any atom is 0.271 e. The van der Waals surface area contributed by atoms with Crippen molar-refractivity contribution in [2.24, 2.45) is 0 Å². The van der Waals surface area contributed by atoms with Gasteiger partial charge in [0.25, 0.3) is 5.91 Å². The first-order valence-electron chi connectivity index (χ1n) is 8.96. The molecule has 0 radical (unpaired) electrons. The number of anilines is 1. The molecule has 0 unspecified atom stereocenters. The molecule has 1 amide bonds. The molecule has 1 aliphatic rings. The first-order chi connectivity index (χ1) is 13.3. The van der Waals surface area contributed by atoms with E-state index >= 15 is 0 Å². The molecule has 1 aromatic carbocycles. The highest BCUT2D eigenvalue weighted by Gasteiger charge is 2.20. The minimum Gasteiger partial charge on any atom is -0.281 e. The topological polar surface area (TPSA) is 79.8 Å². The maximum atomic E-state index is 12.6. The highest BCUT2D eigenvalue weighted by molar-refractivity contribution is 7.19. The molecule has 0 saturated heterocycles. The lowest BCUT2D eigenvalue weighted by Gasteiger charge is -2.13. The minimum absolute atomic E-state index is 0.246. The van der Waals surface area contributed by atoms with E-state index in [1.54, 1.807) is 17.5 Å². The number of pyridine rings is 1. The van der Waals surface area contributed by atoms with Crippen molar-refractivity contribution in [3.8, 4) is 0 Å². The lowest BCUT2D eigenvalue weighted by atomic mass is 9.97. The summed E-state index contributed by atoms with van der Waals surface area (Å²) >= 11 is 1.73. The first kappa shape index (κ1) is 16.1. The third kappa shape index (κ3) is 2.90. The molecule has 7 heteroatoms. The van der Waals surface area contributed by atoms with Gasteiger partial charge in [0.05, 0.1) is 16.5 Å². The van der Waals surface area contributed by atoms with Crippen LogP contribution in [-0.4, -0.2) is 20.9 Å². The number of rotatable bonds is 3. The minimum atomic E-state index is -0.246. The second-order valence-corrected chi connectivity index (χ2v) is 7.69. The third-order valence-electron chi connectivity index (χ3n) is 4.90. The van der Waals surface area contributed by atoms with Crippen LogP contribution in [0, 0.1) is 0 Å². The van der Waals surface area contributed by atoms with E-state index in [1.807, 2.05) is 30.3 Å². The molecule has 0 bridgehead atoms. The Hall–Kier alpha value is -3.06. The molecule has 4 aromatic rings. The SMILES string of the molecule is O=C(NNc1ncnc2sc3c(c12)CCCC3)c1cnc2ccccc2c1. The Morgan fingerprint density at radius 1 is 1.07 bits per heavy atom. The zero-order valence-electron chi connectivity index (χ0n) is 14.5. The van der Waals surface area contributed by atoms with Gasteiger partial charge < -0.3 is 0 Å². The molecular formula is C20H17N5OS. The van der Waals surface area contributed by atoms with E-state index in [9.17, 15) is 4.79 Å². The number of carbonyl (C=O) groups is 1. The molecular weight excluding hydrogens is 358 g/mol. The molecule has 0 fully saturated rings. The van der Waals surface area contributed by atoms with Gasteiger partial charge in [-0.25, -0.2) is 9.97 Å². The lowest BCUT2D eigenvalue weighted by Crippen LogP contribution is -2.30. The molecule has 3 heterocycles. The fourth-order valence-electron chi connectivity index (χ4n) is 3.57. The van der Waals surface area contributed by atoms with E-state index in [4.69, 9.17) is 0 Å². The predicted octanol–water partition coefficient (Wildman–Crippen LogP) is 3.88. The average Bonchev–Trinajstić information content (AvgIpc) is 3.11. The summed E-state index contributed by atoms with van der Waals surface area (Å²) in [4.78, 5) is 28.0. The van der Waals surface area contributed by atoms with Crippen LogP contribution in [0.1, 0.15) is 33.6 Å². The predicted molar refractivity (Wildman–Crippen MR) is 107 cm³/mol. The Balaban J connectivity index is 1.42. The van der Waals surface area contributed by atoms with E-state index in [2.05, 4.69) is 25.8 Å². The molecule has 6 nitrogen and oxygen atoms in total. The van der Waals surface area contributed by atoms with E-state index in [0.29, 0.717) is 11.4 Å². The van der Waals surface area contributed by atoms with Crippen molar-refractivity contribution < 1.29 is 4.79 Å². The summed E-state index contributed by atoms with van der Waals surface area (Å²) in [6.45, 7) is 0. The molecule has 2 N–H and O–H groups in total. The van der Waals surface area contributed by atoms with E-state index < -0.39 is 0 Å². The summed E-state index contributed by atoms with van der Waals surface area (Å²) < 4.78 is 0. The van der Waals surface area contributed by atoms with Crippen LogP contribution in [0.15, 0.2) is 42.9 Å². The number of thiophene rings is 1. The molecule has 3 aromatic heterocycles. The second-order valence-electron chi connectivity index (χ2n) is 6.61. The van der Waals surface area contributed by atoms with Crippen LogP contribution in [0.25, 0.3) is 21.1 Å². The van der Waals surface area contributed by atoms with Crippen molar-refractivity contribution in [1.29, 1.82) is 0 Å². The number of fused-ring (bicyclic) bond motifs is 4. The van der Waals surface area contributed by atoms with Crippen LogP contribution in [-0.2, 0) is 12.8 Å². The standard InChI is InChI=1S/C20H17N5OS/c26-19(13-9-12-5-1-3-7-15(12)21-10-13)25-24-18-17-14-6-2-4-8-16(14)27-20(17)23-11-22-18/h1,3,5,7,9-11H,2,4,6,8H2,(H,25,26)(H,22,23,24). The molecule has 0 saturated carbocycles. The Labute approximate surface area is 159 Å². The number of nitrogens with zero attached hydrogens (tertiary/aromatic N) is 3. The Morgan fingerprint density at radius 2 is 1.96 bits per heavy atom. The van der Waals surface area contributed by atoms with Gasteiger partial charge in [0.2, 0.25) is 0 Å². The van der Waals surface area contributed by atoms with Gasteiger partial charge in [-0.3, -0.25) is 20.6 Å². The number of carbonyl (C=O) groups excluding carboxylic acids is 1. The average molecular weight is 375 g/mol.